The topological polar surface area (TPSA) is 62.4 Å². The molecule has 0 saturated carbocycles. The Hall–Kier alpha value is -2.37. The van der Waals surface area contributed by atoms with Gasteiger partial charge in [-0.3, -0.25) is 4.90 Å². The van der Waals surface area contributed by atoms with E-state index in [0.29, 0.717) is 23.2 Å². The number of aromatic nitrogens is 2. The van der Waals surface area contributed by atoms with Gasteiger partial charge in [-0.05, 0) is 23.8 Å². The first-order valence-corrected chi connectivity index (χ1v) is 8.16. The number of nitrogens with zero attached hydrogens (tertiary/aromatic N) is 3. The SMILES string of the molecule is Oc1cccc(CN2CCc3nc(-c4ccco4)ncc3C2)c1Cl. The zero-order valence-electron chi connectivity index (χ0n) is 12.9. The third-order valence-electron chi connectivity index (χ3n) is 4.21. The van der Waals surface area contributed by atoms with Gasteiger partial charge in [0.2, 0.25) is 0 Å². The highest BCUT2D eigenvalue weighted by atomic mass is 35.5. The van der Waals surface area contributed by atoms with Gasteiger partial charge in [0.25, 0.3) is 0 Å². The minimum absolute atomic E-state index is 0.123. The van der Waals surface area contributed by atoms with Crippen LogP contribution in [-0.4, -0.2) is 26.5 Å². The van der Waals surface area contributed by atoms with Crippen molar-refractivity contribution in [2.24, 2.45) is 0 Å². The van der Waals surface area contributed by atoms with Crippen LogP contribution in [0.1, 0.15) is 16.8 Å². The van der Waals surface area contributed by atoms with E-state index >= 15 is 0 Å². The van der Waals surface area contributed by atoms with Crippen molar-refractivity contribution in [1.82, 2.24) is 14.9 Å². The summed E-state index contributed by atoms with van der Waals surface area (Å²) in [6.45, 7) is 2.33. The summed E-state index contributed by atoms with van der Waals surface area (Å²) in [5.41, 5.74) is 3.11. The van der Waals surface area contributed by atoms with E-state index in [1.807, 2.05) is 30.5 Å². The Kier molecular flexibility index (Phi) is 3.96. The maximum absolute atomic E-state index is 9.73. The number of hydrogen-bond donors (Lipinski definition) is 1. The lowest BCUT2D eigenvalue weighted by molar-refractivity contribution is 0.242. The van der Waals surface area contributed by atoms with Crippen LogP contribution >= 0.6 is 11.6 Å². The van der Waals surface area contributed by atoms with Crippen LogP contribution in [0.2, 0.25) is 5.02 Å². The van der Waals surface area contributed by atoms with Crippen molar-refractivity contribution in [3.63, 3.8) is 0 Å². The van der Waals surface area contributed by atoms with Gasteiger partial charge in [0.1, 0.15) is 5.75 Å². The number of furan rings is 1. The molecule has 4 rings (SSSR count). The molecule has 5 nitrogen and oxygen atoms in total. The van der Waals surface area contributed by atoms with Crippen LogP contribution in [-0.2, 0) is 19.5 Å². The molecule has 0 radical (unpaired) electrons. The van der Waals surface area contributed by atoms with E-state index < -0.39 is 0 Å². The molecule has 3 heterocycles. The van der Waals surface area contributed by atoms with E-state index in [0.717, 1.165) is 36.3 Å². The van der Waals surface area contributed by atoms with Crippen LogP contribution in [0.4, 0.5) is 0 Å². The average molecular weight is 342 g/mol. The molecule has 0 spiro atoms. The Balaban J connectivity index is 1.53. The molecular weight excluding hydrogens is 326 g/mol. The smallest absolute Gasteiger partial charge is 0.195 e. The van der Waals surface area contributed by atoms with E-state index in [9.17, 15) is 5.11 Å². The molecule has 24 heavy (non-hydrogen) atoms. The third-order valence-corrected chi connectivity index (χ3v) is 4.64. The van der Waals surface area contributed by atoms with E-state index in [1.165, 1.54) is 0 Å². The summed E-state index contributed by atoms with van der Waals surface area (Å²) in [4.78, 5) is 11.3. The second kappa shape index (κ2) is 6.26. The van der Waals surface area contributed by atoms with Gasteiger partial charge in [0, 0.05) is 37.8 Å². The molecule has 2 aromatic heterocycles. The third kappa shape index (κ3) is 2.88. The van der Waals surface area contributed by atoms with Gasteiger partial charge in [-0.2, -0.15) is 0 Å². The molecule has 1 aromatic carbocycles. The number of phenols is 1. The molecule has 0 aliphatic carbocycles. The number of phenolic OH excluding ortho intramolecular Hbond substituents is 1. The first-order chi connectivity index (χ1) is 11.7. The molecule has 0 fully saturated rings. The Labute approximate surface area is 144 Å². The van der Waals surface area contributed by atoms with Crippen molar-refractivity contribution >= 4 is 11.6 Å². The number of hydrogen-bond acceptors (Lipinski definition) is 5. The highest BCUT2D eigenvalue weighted by Crippen LogP contribution is 2.29. The summed E-state index contributed by atoms with van der Waals surface area (Å²) in [5, 5.41) is 10.2. The van der Waals surface area contributed by atoms with E-state index in [-0.39, 0.29) is 5.75 Å². The first-order valence-electron chi connectivity index (χ1n) is 7.78. The summed E-state index contributed by atoms with van der Waals surface area (Å²) in [7, 11) is 0. The van der Waals surface area contributed by atoms with Crippen LogP contribution in [0.3, 0.4) is 0 Å². The fourth-order valence-corrected chi connectivity index (χ4v) is 3.15. The van der Waals surface area contributed by atoms with Gasteiger partial charge in [-0.25, -0.2) is 9.97 Å². The summed E-state index contributed by atoms with van der Waals surface area (Å²) >= 11 is 6.18. The van der Waals surface area contributed by atoms with Gasteiger partial charge in [-0.15, -0.1) is 0 Å². The number of fused-ring (bicyclic) bond motifs is 1. The first kappa shape index (κ1) is 15.2. The maximum atomic E-state index is 9.73. The highest BCUT2D eigenvalue weighted by molar-refractivity contribution is 6.32. The average Bonchev–Trinajstić information content (AvgIpc) is 3.13. The van der Waals surface area contributed by atoms with Crippen LogP contribution in [0.25, 0.3) is 11.6 Å². The molecule has 1 aliphatic heterocycles. The summed E-state index contributed by atoms with van der Waals surface area (Å²) in [6.07, 6.45) is 4.34. The standard InChI is InChI=1S/C18H16ClN3O2/c19-17-12(3-1-4-15(17)23)10-22-7-6-14-13(11-22)9-20-18(21-14)16-5-2-8-24-16/h1-5,8-9,23H,6-7,10-11H2. The zero-order valence-corrected chi connectivity index (χ0v) is 13.7. The maximum Gasteiger partial charge on any atom is 0.195 e. The Morgan fingerprint density at radius 3 is 3.00 bits per heavy atom. The van der Waals surface area contributed by atoms with Gasteiger partial charge < -0.3 is 9.52 Å². The van der Waals surface area contributed by atoms with Crippen molar-refractivity contribution < 1.29 is 9.52 Å². The quantitative estimate of drug-likeness (QED) is 0.787. The van der Waals surface area contributed by atoms with Crippen molar-refractivity contribution in [2.75, 3.05) is 6.54 Å². The largest absolute Gasteiger partial charge is 0.506 e. The normalized spacial score (nSPS) is 14.5. The zero-order chi connectivity index (χ0) is 16.5. The minimum atomic E-state index is 0.123. The van der Waals surface area contributed by atoms with Gasteiger partial charge >= 0.3 is 0 Å². The number of rotatable bonds is 3. The molecule has 0 unspecified atom stereocenters. The van der Waals surface area contributed by atoms with Gasteiger partial charge in [0.05, 0.1) is 17.0 Å². The predicted molar refractivity (Wildman–Crippen MR) is 90.7 cm³/mol. The molecule has 3 aromatic rings. The predicted octanol–water partition coefficient (Wildman–Crippen LogP) is 3.65. The molecular formula is C18H16ClN3O2. The number of halogens is 1. The number of benzene rings is 1. The fraction of sp³-hybridized carbons (Fsp3) is 0.222. The van der Waals surface area contributed by atoms with Crippen molar-refractivity contribution in [3.05, 3.63) is 64.6 Å². The van der Waals surface area contributed by atoms with Crippen LogP contribution in [0.5, 0.6) is 5.75 Å². The molecule has 0 atom stereocenters. The van der Waals surface area contributed by atoms with Gasteiger partial charge in [0.15, 0.2) is 11.6 Å². The second-order valence-corrected chi connectivity index (χ2v) is 6.23. The minimum Gasteiger partial charge on any atom is -0.506 e. The molecule has 0 amide bonds. The molecule has 0 saturated heterocycles. The number of aromatic hydroxyl groups is 1. The lowest BCUT2D eigenvalue weighted by atomic mass is 10.1. The van der Waals surface area contributed by atoms with Crippen molar-refractivity contribution in [1.29, 1.82) is 0 Å². The highest BCUT2D eigenvalue weighted by Gasteiger charge is 2.20. The van der Waals surface area contributed by atoms with Crippen LogP contribution in [0.15, 0.2) is 47.2 Å². The van der Waals surface area contributed by atoms with Gasteiger partial charge in [-0.1, -0.05) is 23.7 Å². The molecule has 0 bridgehead atoms. The summed E-state index contributed by atoms with van der Waals surface area (Å²) in [6, 6.07) is 9.04. The molecule has 1 aliphatic rings. The monoisotopic (exact) mass is 341 g/mol. The molecule has 122 valence electrons. The molecule has 1 N–H and O–H groups in total. The van der Waals surface area contributed by atoms with Crippen LogP contribution < -0.4 is 0 Å². The fourth-order valence-electron chi connectivity index (χ4n) is 2.96. The lowest BCUT2D eigenvalue weighted by Gasteiger charge is -2.28. The lowest BCUT2D eigenvalue weighted by Crippen LogP contribution is -2.31. The second-order valence-electron chi connectivity index (χ2n) is 5.85. The van der Waals surface area contributed by atoms with E-state index in [1.54, 1.807) is 12.3 Å². The van der Waals surface area contributed by atoms with E-state index in [2.05, 4.69) is 14.9 Å². The van der Waals surface area contributed by atoms with E-state index in [4.69, 9.17) is 16.0 Å². The molecule has 6 heteroatoms. The Morgan fingerprint density at radius 1 is 1.25 bits per heavy atom. The Morgan fingerprint density at radius 2 is 2.17 bits per heavy atom. The summed E-state index contributed by atoms with van der Waals surface area (Å²) in [5.74, 6) is 1.44. The Bertz CT molecular complexity index is 865. The summed E-state index contributed by atoms with van der Waals surface area (Å²) < 4.78 is 5.36. The van der Waals surface area contributed by atoms with Crippen LogP contribution in [0, 0.1) is 0 Å². The van der Waals surface area contributed by atoms with Crippen molar-refractivity contribution in [3.8, 4) is 17.3 Å². The van der Waals surface area contributed by atoms with Crippen molar-refractivity contribution in [2.45, 2.75) is 19.5 Å².